The van der Waals surface area contributed by atoms with E-state index in [0.717, 1.165) is 41.8 Å². The van der Waals surface area contributed by atoms with Gasteiger partial charge in [-0.15, -0.1) is 0 Å². The number of carbonyl (C=O) groups excluding carboxylic acids is 1. The lowest BCUT2D eigenvalue weighted by Crippen LogP contribution is -2.40. The number of benzene rings is 2. The highest BCUT2D eigenvalue weighted by Crippen LogP contribution is 2.22. The van der Waals surface area contributed by atoms with Crippen LogP contribution in [0.1, 0.15) is 29.9 Å². The number of rotatable bonds is 5. The van der Waals surface area contributed by atoms with E-state index in [0.29, 0.717) is 24.8 Å². The zero-order valence-corrected chi connectivity index (χ0v) is 16.9. The molecule has 1 aliphatic heterocycles. The van der Waals surface area contributed by atoms with Crippen LogP contribution in [-0.4, -0.2) is 34.0 Å². The van der Waals surface area contributed by atoms with Gasteiger partial charge in [0.2, 0.25) is 17.6 Å². The maximum Gasteiger partial charge on any atom is 0.241 e. The highest BCUT2D eigenvalue weighted by atomic mass is 16.5. The minimum Gasteiger partial charge on any atom is -0.338 e. The van der Waals surface area contributed by atoms with Crippen molar-refractivity contribution in [3.8, 4) is 11.4 Å². The average Bonchev–Trinajstić information content (AvgIpc) is 3.18. The summed E-state index contributed by atoms with van der Waals surface area (Å²) in [6.45, 7) is 6.23. The van der Waals surface area contributed by atoms with Gasteiger partial charge < -0.3 is 9.84 Å². The zero-order chi connectivity index (χ0) is 20.2. The third kappa shape index (κ3) is 4.71. The largest absolute Gasteiger partial charge is 0.338 e. The van der Waals surface area contributed by atoms with Crippen LogP contribution in [0.5, 0.6) is 0 Å². The Morgan fingerprint density at radius 2 is 2.07 bits per heavy atom. The molecule has 2 heterocycles. The molecule has 1 saturated heterocycles. The number of nitrogens with zero attached hydrogens (tertiary/aromatic N) is 3. The van der Waals surface area contributed by atoms with Gasteiger partial charge in [0.25, 0.3) is 0 Å². The van der Waals surface area contributed by atoms with Crippen molar-refractivity contribution >= 4 is 11.6 Å². The molecule has 150 valence electrons. The molecule has 1 N–H and O–H groups in total. The van der Waals surface area contributed by atoms with Crippen LogP contribution in [0.2, 0.25) is 0 Å². The van der Waals surface area contributed by atoms with Gasteiger partial charge in [-0.2, -0.15) is 4.98 Å². The number of amides is 1. The second-order valence-electron chi connectivity index (χ2n) is 7.76. The topological polar surface area (TPSA) is 71.3 Å². The molecule has 4 rings (SSSR count). The fourth-order valence-electron chi connectivity index (χ4n) is 3.77. The van der Waals surface area contributed by atoms with E-state index in [1.807, 2.05) is 62.4 Å². The SMILES string of the molecule is Cc1cccc(-c2noc(CN3CCCC(C(=O)Nc4ccccc4C)C3)n2)c1. The van der Waals surface area contributed by atoms with Gasteiger partial charge in [0, 0.05) is 17.8 Å². The third-order valence-corrected chi connectivity index (χ3v) is 5.38. The normalized spacial score (nSPS) is 17.2. The van der Waals surface area contributed by atoms with Crippen LogP contribution in [0.15, 0.2) is 53.1 Å². The molecular formula is C23H26N4O2. The lowest BCUT2D eigenvalue weighted by Gasteiger charge is -2.31. The summed E-state index contributed by atoms with van der Waals surface area (Å²) in [6.07, 6.45) is 1.87. The maximum absolute atomic E-state index is 12.7. The number of anilines is 1. The number of aryl methyl sites for hydroxylation is 2. The predicted octanol–water partition coefficient (Wildman–Crippen LogP) is 4.20. The Hall–Kier alpha value is -2.99. The number of carbonyl (C=O) groups is 1. The lowest BCUT2D eigenvalue weighted by atomic mass is 9.97. The number of hydrogen-bond donors (Lipinski definition) is 1. The second kappa shape index (κ2) is 8.57. The minimum atomic E-state index is -0.0393. The van der Waals surface area contributed by atoms with Gasteiger partial charge in [0.1, 0.15) is 0 Å². The van der Waals surface area contributed by atoms with Crippen molar-refractivity contribution < 1.29 is 9.32 Å². The van der Waals surface area contributed by atoms with Crippen molar-refractivity contribution in [3.63, 3.8) is 0 Å². The molecule has 1 aromatic heterocycles. The van der Waals surface area contributed by atoms with Crippen LogP contribution < -0.4 is 5.32 Å². The van der Waals surface area contributed by atoms with Crippen molar-refractivity contribution in [1.29, 1.82) is 0 Å². The van der Waals surface area contributed by atoms with Crippen molar-refractivity contribution in [2.45, 2.75) is 33.2 Å². The number of likely N-dealkylation sites (tertiary alicyclic amines) is 1. The van der Waals surface area contributed by atoms with E-state index in [9.17, 15) is 4.79 Å². The van der Waals surface area contributed by atoms with Crippen molar-refractivity contribution in [2.24, 2.45) is 5.92 Å². The van der Waals surface area contributed by atoms with Crippen LogP contribution in [0, 0.1) is 19.8 Å². The molecule has 6 nitrogen and oxygen atoms in total. The molecule has 0 saturated carbocycles. The molecule has 3 aromatic rings. The molecule has 1 aliphatic rings. The molecule has 1 unspecified atom stereocenters. The summed E-state index contributed by atoms with van der Waals surface area (Å²) in [6, 6.07) is 15.9. The van der Waals surface area contributed by atoms with E-state index >= 15 is 0 Å². The van der Waals surface area contributed by atoms with E-state index in [4.69, 9.17) is 4.52 Å². The summed E-state index contributed by atoms with van der Waals surface area (Å²) in [5.41, 5.74) is 4.07. The van der Waals surface area contributed by atoms with Gasteiger partial charge in [-0.05, 0) is 50.9 Å². The number of nitrogens with one attached hydrogen (secondary N) is 1. The molecule has 29 heavy (non-hydrogen) atoms. The van der Waals surface area contributed by atoms with Crippen LogP contribution >= 0.6 is 0 Å². The first-order valence-corrected chi connectivity index (χ1v) is 10.1. The Kier molecular flexibility index (Phi) is 5.71. The summed E-state index contributed by atoms with van der Waals surface area (Å²) in [5.74, 6) is 1.23. The summed E-state index contributed by atoms with van der Waals surface area (Å²) in [4.78, 5) is 19.5. The molecule has 0 spiro atoms. The monoisotopic (exact) mass is 390 g/mol. The second-order valence-corrected chi connectivity index (χ2v) is 7.76. The Labute approximate surface area is 170 Å². The van der Waals surface area contributed by atoms with E-state index in [-0.39, 0.29) is 11.8 Å². The van der Waals surface area contributed by atoms with Gasteiger partial charge in [-0.25, -0.2) is 0 Å². The summed E-state index contributed by atoms with van der Waals surface area (Å²) >= 11 is 0. The van der Waals surface area contributed by atoms with Crippen LogP contribution in [-0.2, 0) is 11.3 Å². The highest BCUT2D eigenvalue weighted by Gasteiger charge is 2.27. The smallest absolute Gasteiger partial charge is 0.241 e. The Balaban J connectivity index is 1.38. The number of piperidine rings is 1. The molecule has 6 heteroatoms. The molecule has 0 radical (unpaired) electrons. The van der Waals surface area contributed by atoms with Crippen LogP contribution in [0.25, 0.3) is 11.4 Å². The van der Waals surface area contributed by atoms with Crippen LogP contribution in [0.4, 0.5) is 5.69 Å². The summed E-state index contributed by atoms with van der Waals surface area (Å²) in [5, 5.41) is 7.20. The van der Waals surface area contributed by atoms with Gasteiger partial charge in [0.15, 0.2) is 0 Å². The first-order chi connectivity index (χ1) is 14.1. The van der Waals surface area contributed by atoms with Crippen molar-refractivity contribution in [2.75, 3.05) is 18.4 Å². The molecular weight excluding hydrogens is 364 g/mol. The van der Waals surface area contributed by atoms with Gasteiger partial charge in [-0.3, -0.25) is 9.69 Å². The quantitative estimate of drug-likeness (QED) is 0.707. The Morgan fingerprint density at radius 3 is 2.90 bits per heavy atom. The molecule has 0 aliphatic carbocycles. The molecule has 2 aromatic carbocycles. The van der Waals surface area contributed by atoms with E-state index in [1.54, 1.807) is 0 Å². The number of hydrogen-bond acceptors (Lipinski definition) is 5. The van der Waals surface area contributed by atoms with Crippen molar-refractivity contribution in [3.05, 3.63) is 65.5 Å². The molecule has 1 atom stereocenters. The maximum atomic E-state index is 12.7. The number of aromatic nitrogens is 2. The van der Waals surface area contributed by atoms with E-state index in [1.165, 1.54) is 0 Å². The Morgan fingerprint density at radius 1 is 1.21 bits per heavy atom. The first-order valence-electron chi connectivity index (χ1n) is 10.1. The molecule has 1 fully saturated rings. The number of para-hydroxylation sites is 1. The van der Waals surface area contributed by atoms with Gasteiger partial charge in [0.05, 0.1) is 12.5 Å². The zero-order valence-electron chi connectivity index (χ0n) is 16.9. The van der Waals surface area contributed by atoms with E-state index < -0.39 is 0 Å². The molecule has 1 amide bonds. The highest BCUT2D eigenvalue weighted by molar-refractivity contribution is 5.93. The van der Waals surface area contributed by atoms with Crippen LogP contribution in [0.3, 0.4) is 0 Å². The minimum absolute atomic E-state index is 0.0393. The van der Waals surface area contributed by atoms with Gasteiger partial charge in [-0.1, -0.05) is 47.1 Å². The van der Waals surface area contributed by atoms with E-state index in [2.05, 4.69) is 20.4 Å². The predicted molar refractivity (Wildman–Crippen MR) is 112 cm³/mol. The summed E-state index contributed by atoms with van der Waals surface area (Å²) in [7, 11) is 0. The van der Waals surface area contributed by atoms with Crippen molar-refractivity contribution in [1.82, 2.24) is 15.0 Å². The standard InChI is InChI=1S/C23H26N4O2/c1-16-7-5-9-18(13-16)22-25-21(29-26-22)15-27-12-6-10-19(14-27)23(28)24-20-11-4-3-8-17(20)2/h3-5,7-9,11,13,19H,6,10,12,14-15H2,1-2H3,(H,24,28). The lowest BCUT2D eigenvalue weighted by molar-refractivity contribution is -0.121. The first kappa shape index (κ1) is 19.3. The Bertz CT molecular complexity index is 998. The summed E-state index contributed by atoms with van der Waals surface area (Å²) < 4.78 is 5.47. The molecule has 0 bridgehead atoms. The average molecular weight is 390 g/mol. The fraction of sp³-hybridized carbons (Fsp3) is 0.348. The fourth-order valence-corrected chi connectivity index (χ4v) is 3.77. The van der Waals surface area contributed by atoms with Gasteiger partial charge >= 0.3 is 0 Å². The third-order valence-electron chi connectivity index (χ3n) is 5.38.